The number of aromatic nitrogens is 3. The molecule has 2 aromatic heterocycles. The largest absolute Gasteiger partial charge is 0.497 e. The lowest BCUT2D eigenvalue weighted by atomic mass is 10.2. The SMILES string of the molecule is COc1ccc2[nH]c3c(SCC(=O)Nc4ccc5c(c4)OCO5)ncnc3c2c1. The van der Waals surface area contributed by atoms with E-state index in [-0.39, 0.29) is 18.5 Å². The standard InChI is InChI=1S/C20H16N4O4S/c1-26-12-3-4-14-13(7-12)18-19(24-14)20(22-9-21-18)29-8-17(25)23-11-2-5-15-16(6-11)28-10-27-15/h2-7,9,24H,8,10H2,1H3,(H,23,25). The molecular weight excluding hydrogens is 392 g/mol. The Hall–Kier alpha value is -3.46. The van der Waals surface area contributed by atoms with Gasteiger partial charge in [0.25, 0.3) is 0 Å². The molecule has 3 heterocycles. The number of methoxy groups -OCH3 is 1. The predicted molar refractivity (Wildman–Crippen MR) is 110 cm³/mol. The quantitative estimate of drug-likeness (QED) is 0.385. The molecule has 0 fully saturated rings. The number of ether oxygens (including phenoxy) is 3. The Morgan fingerprint density at radius 3 is 3.00 bits per heavy atom. The van der Waals surface area contributed by atoms with Crippen LogP contribution < -0.4 is 19.5 Å². The lowest BCUT2D eigenvalue weighted by Crippen LogP contribution is -2.14. The molecule has 0 radical (unpaired) electrons. The van der Waals surface area contributed by atoms with Crippen LogP contribution in [0.15, 0.2) is 47.8 Å². The van der Waals surface area contributed by atoms with Crippen molar-refractivity contribution in [2.45, 2.75) is 5.03 Å². The summed E-state index contributed by atoms with van der Waals surface area (Å²) in [6, 6.07) is 11.1. The molecule has 0 spiro atoms. The summed E-state index contributed by atoms with van der Waals surface area (Å²) in [7, 11) is 1.63. The molecule has 9 heteroatoms. The Kier molecular flexibility index (Phi) is 4.36. The van der Waals surface area contributed by atoms with Gasteiger partial charge in [-0.3, -0.25) is 4.79 Å². The summed E-state index contributed by atoms with van der Waals surface area (Å²) in [6.45, 7) is 0.197. The smallest absolute Gasteiger partial charge is 0.234 e. The summed E-state index contributed by atoms with van der Waals surface area (Å²) >= 11 is 1.35. The van der Waals surface area contributed by atoms with Gasteiger partial charge in [0, 0.05) is 22.7 Å². The Labute approximate surface area is 169 Å². The molecule has 0 saturated heterocycles. The van der Waals surface area contributed by atoms with E-state index in [9.17, 15) is 4.79 Å². The number of carbonyl (C=O) groups excluding carboxylic acids is 1. The van der Waals surface area contributed by atoms with Crippen molar-refractivity contribution in [3.8, 4) is 17.2 Å². The van der Waals surface area contributed by atoms with Crippen molar-refractivity contribution in [2.24, 2.45) is 0 Å². The van der Waals surface area contributed by atoms with Gasteiger partial charge in [-0.25, -0.2) is 9.97 Å². The number of hydrogen-bond acceptors (Lipinski definition) is 7. The summed E-state index contributed by atoms with van der Waals surface area (Å²) in [4.78, 5) is 24.5. The maximum Gasteiger partial charge on any atom is 0.234 e. The molecule has 0 saturated carbocycles. The topological polar surface area (TPSA) is 98.4 Å². The second-order valence-electron chi connectivity index (χ2n) is 6.34. The molecule has 5 rings (SSSR count). The van der Waals surface area contributed by atoms with Crippen LogP contribution in [0.2, 0.25) is 0 Å². The molecule has 0 unspecified atom stereocenters. The number of H-pyrrole nitrogens is 1. The summed E-state index contributed by atoms with van der Waals surface area (Å²) in [5, 5.41) is 4.53. The first kappa shape index (κ1) is 17.6. The average molecular weight is 408 g/mol. The molecule has 8 nitrogen and oxygen atoms in total. The van der Waals surface area contributed by atoms with Crippen LogP contribution >= 0.6 is 11.8 Å². The van der Waals surface area contributed by atoms with E-state index in [1.807, 2.05) is 18.2 Å². The molecular formula is C20H16N4O4S. The maximum atomic E-state index is 12.4. The lowest BCUT2D eigenvalue weighted by Gasteiger charge is -2.06. The zero-order valence-corrected chi connectivity index (χ0v) is 16.2. The van der Waals surface area contributed by atoms with Gasteiger partial charge in [-0.15, -0.1) is 0 Å². The van der Waals surface area contributed by atoms with Crippen LogP contribution in [0.25, 0.3) is 21.9 Å². The fourth-order valence-electron chi connectivity index (χ4n) is 3.19. The number of nitrogens with zero attached hydrogens (tertiary/aromatic N) is 2. The number of rotatable bonds is 5. The number of aromatic amines is 1. The third-order valence-corrected chi connectivity index (χ3v) is 5.54. The maximum absolute atomic E-state index is 12.4. The highest BCUT2D eigenvalue weighted by molar-refractivity contribution is 8.00. The third kappa shape index (κ3) is 3.29. The zero-order chi connectivity index (χ0) is 19.8. The van der Waals surface area contributed by atoms with E-state index in [4.69, 9.17) is 14.2 Å². The number of fused-ring (bicyclic) bond motifs is 4. The first-order valence-corrected chi connectivity index (χ1v) is 9.82. The lowest BCUT2D eigenvalue weighted by molar-refractivity contribution is -0.113. The Morgan fingerprint density at radius 2 is 2.10 bits per heavy atom. The second-order valence-corrected chi connectivity index (χ2v) is 7.31. The highest BCUT2D eigenvalue weighted by Crippen LogP contribution is 2.35. The fourth-order valence-corrected chi connectivity index (χ4v) is 3.94. The molecule has 4 aromatic rings. The molecule has 1 aliphatic heterocycles. The predicted octanol–water partition coefficient (Wildman–Crippen LogP) is 3.58. The van der Waals surface area contributed by atoms with E-state index in [0.717, 1.165) is 27.7 Å². The van der Waals surface area contributed by atoms with Crippen LogP contribution in [0.3, 0.4) is 0 Å². The van der Waals surface area contributed by atoms with Gasteiger partial charge in [-0.1, -0.05) is 11.8 Å². The minimum atomic E-state index is -0.140. The molecule has 146 valence electrons. The van der Waals surface area contributed by atoms with Gasteiger partial charge in [0.1, 0.15) is 22.6 Å². The van der Waals surface area contributed by atoms with E-state index in [0.29, 0.717) is 22.2 Å². The molecule has 29 heavy (non-hydrogen) atoms. The number of hydrogen-bond donors (Lipinski definition) is 2. The van der Waals surface area contributed by atoms with Crippen LogP contribution in [0.1, 0.15) is 0 Å². The first-order chi connectivity index (χ1) is 14.2. The van der Waals surface area contributed by atoms with Gasteiger partial charge in [0.05, 0.1) is 18.4 Å². The number of carbonyl (C=O) groups is 1. The number of nitrogens with one attached hydrogen (secondary N) is 2. The molecule has 1 aliphatic rings. The van der Waals surface area contributed by atoms with Crippen molar-refractivity contribution in [3.05, 3.63) is 42.7 Å². The number of thioether (sulfide) groups is 1. The zero-order valence-electron chi connectivity index (χ0n) is 15.4. The second kappa shape index (κ2) is 7.17. The van der Waals surface area contributed by atoms with E-state index >= 15 is 0 Å². The van der Waals surface area contributed by atoms with Crippen molar-refractivity contribution >= 4 is 45.3 Å². The number of amides is 1. The normalized spacial score (nSPS) is 12.4. The van der Waals surface area contributed by atoms with E-state index in [1.54, 1.807) is 25.3 Å². The van der Waals surface area contributed by atoms with Crippen LogP contribution in [-0.4, -0.2) is 40.5 Å². The van der Waals surface area contributed by atoms with Gasteiger partial charge in [-0.05, 0) is 30.3 Å². The van der Waals surface area contributed by atoms with E-state index in [1.165, 1.54) is 18.1 Å². The highest BCUT2D eigenvalue weighted by atomic mass is 32.2. The van der Waals surface area contributed by atoms with Gasteiger partial charge < -0.3 is 24.5 Å². The Bertz CT molecular complexity index is 1240. The molecule has 0 aliphatic carbocycles. The minimum Gasteiger partial charge on any atom is -0.497 e. The highest BCUT2D eigenvalue weighted by Gasteiger charge is 2.16. The summed E-state index contributed by atoms with van der Waals surface area (Å²) in [5.41, 5.74) is 3.20. The molecule has 1 amide bonds. The van der Waals surface area contributed by atoms with Crippen molar-refractivity contribution in [1.82, 2.24) is 15.0 Å². The molecule has 0 bridgehead atoms. The van der Waals surface area contributed by atoms with Gasteiger partial charge in [0.15, 0.2) is 11.5 Å². The first-order valence-electron chi connectivity index (χ1n) is 8.84. The monoisotopic (exact) mass is 408 g/mol. The van der Waals surface area contributed by atoms with Gasteiger partial charge in [0.2, 0.25) is 12.7 Å². The average Bonchev–Trinajstić information content (AvgIpc) is 3.35. The third-order valence-electron chi connectivity index (χ3n) is 4.55. The summed E-state index contributed by atoms with van der Waals surface area (Å²) in [5.74, 6) is 2.13. The van der Waals surface area contributed by atoms with E-state index in [2.05, 4.69) is 20.3 Å². The Balaban J connectivity index is 1.34. The van der Waals surface area contributed by atoms with Crippen molar-refractivity contribution in [1.29, 1.82) is 0 Å². The molecule has 2 aromatic carbocycles. The summed E-state index contributed by atoms with van der Waals surface area (Å²) < 4.78 is 15.9. The van der Waals surface area contributed by atoms with Crippen LogP contribution in [0.5, 0.6) is 17.2 Å². The Morgan fingerprint density at radius 1 is 1.21 bits per heavy atom. The van der Waals surface area contributed by atoms with Crippen molar-refractivity contribution in [3.63, 3.8) is 0 Å². The van der Waals surface area contributed by atoms with Crippen molar-refractivity contribution in [2.75, 3.05) is 25.0 Å². The van der Waals surface area contributed by atoms with Gasteiger partial charge >= 0.3 is 0 Å². The molecule has 0 atom stereocenters. The number of anilines is 1. The van der Waals surface area contributed by atoms with Crippen LogP contribution in [0, 0.1) is 0 Å². The van der Waals surface area contributed by atoms with Crippen LogP contribution in [-0.2, 0) is 4.79 Å². The van der Waals surface area contributed by atoms with Crippen LogP contribution in [0.4, 0.5) is 5.69 Å². The van der Waals surface area contributed by atoms with Gasteiger partial charge in [-0.2, -0.15) is 0 Å². The van der Waals surface area contributed by atoms with E-state index < -0.39 is 0 Å². The summed E-state index contributed by atoms with van der Waals surface area (Å²) in [6.07, 6.45) is 1.51. The minimum absolute atomic E-state index is 0.140. The molecule has 2 N–H and O–H groups in total. The number of benzene rings is 2. The van der Waals surface area contributed by atoms with Crippen molar-refractivity contribution < 1.29 is 19.0 Å². The fraction of sp³-hybridized carbons (Fsp3) is 0.150.